The molecule has 45 heavy (non-hydrogen) atoms. The quantitative estimate of drug-likeness (QED) is 0.170. The molecule has 4 aliphatic rings. The van der Waals surface area contributed by atoms with Gasteiger partial charge in [0.2, 0.25) is 5.91 Å². The van der Waals surface area contributed by atoms with Gasteiger partial charge in [-0.15, -0.1) is 0 Å². The summed E-state index contributed by atoms with van der Waals surface area (Å²) in [6.07, 6.45) is 4.09. The molecule has 240 valence electrons. The van der Waals surface area contributed by atoms with Crippen molar-refractivity contribution in [3.05, 3.63) is 68.9 Å². The Balaban J connectivity index is 1.54. The van der Waals surface area contributed by atoms with Gasteiger partial charge in [-0.3, -0.25) is 19.2 Å². The maximum atomic E-state index is 12.6. The highest BCUT2D eigenvalue weighted by molar-refractivity contribution is 8.06. The average Bonchev–Trinajstić information content (AvgIpc) is 3.52. The molecule has 2 amide bonds. The summed E-state index contributed by atoms with van der Waals surface area (Å²) in [5.41, 5.74) is 6.97. The smallest absolute Gasteiger partial charge is 0.306 e. The van der Waals surface area contributed by atoms with Crippen LogP contribution in [-0.4, -0.2) is 73.2 Å². The number of aromatic nitrogens is 1. The summed E-state index contributed by atoms with van der Waals surface area (Å²) < 4.78 is 0. The van der Waals surface area contributed by atoms with Gasteiger partial charge in [-0.2, -0.15) is 11.8 Å². The zero-order chi connectivity index (χ0) is 32.7. The number of H-pyrrole nitrogens is 1. The highest BCUT2D eigenvalue weighted by Crippen LogP contribution is 2.46. The number of allylic oxidation sites excluding steroid dienone is 1. The molecule has 0 aliphatic carbocycles. The molecule has 2 saturated heterocycles. The molecule has 7 N–H and O–H groups in total. The van der Waals surface area contributed by atoms with Crippen LogP contribution < -0.4 is 16.0 Å². The van der Waals surface area contributed by atoms with Gasteiger partial charge in [0, 0.05) is 63.2 Å². The lowest BCUT2D eigenvalue weighted by atomic mass is 9.91. The number of rotatable bonds is 12. The Labute approximate surface area is 266 Å². The number of aliphatic hydroxyl groups is 1. The summed E-state index contributed by atoms with van der Waals surface area (Å²) in [4.78, 5) is 51.6. The fourth-order valence-electron chi connectivity index (χ4n) is 6.76. The molecule has 1 unspecified atom stereocenters. The zero-order valence-corrected chi connectivity index (χ0v) is 26.6. The summed E-state index contributed by atoms with van der Waals surface area (Å²) in [5.74, 6) is -1.37. The van der Waals surface area contributed by atoms with Crippen LogP contribution in [0.3, 0.4) is 0 Å². The maximum absolute atomic E-state index is 12.6. The van der Waals surface area contributed by atoms with E-state index in [-0.39, 0.29) is 48.6 Å². The standard InChI is InChI=1S/C33H40N4O7S/c1-6-18-14(2)21(36-33(18)44)9-22-16(4)30(26(38)12-29(41)42)24(35-22)11-23-19(7-8-28(39)40)15(3)20(34-23)10-25-31(27-13-45-27)17(5)32(43)37-25/h6,10-11,17,21-22,26-27,31,34-35,38H,1,7-9,12-13H2,2-5H3,(H,36,44)(H,37,43)(H,39,40)(H,41,42)/b24-11-,25-10-/t17-,21-,22?,26+,27-,31-/m1/s1. The number of thioether (sulfide) groups is 1. The number of aliphatic hydroxyl groups excluding tert-OH is 1. The maximum Gasteiger partial charge on any atom is 0.306 e. The SMILES string of the molecule is C=CC1=C(C)[C@@H](CC2N/C(=C\c3[nH]c(/C=C4\NC(=O)[C@H](C)[C@H]4[C@H]4CS4)c(C)c3CCC(=O)O)C([C@@H](O)CC(=O)O)=C2C)NC1=O. The lowest BCUT2D eigenvalue weighted by Gasteiger charge is -2.20. The van der Waals surface area contributed by atoms with Gasteiger partial charge in [-0.05, 0) is 68.0 Å². The summed E-state index contributed by atoms with van der Waals surface area (Å²) >= 11 is 1.82. The van der Waals surface area contributed by atoms with Crippen molar-refractivity contribution in [2.24, 2.45) is 11.8 Å². The first-order chi connectivity index (χ1) is 21.3. The molecule has 11 nitrogen and oxygen atoms in total. The highest BCUT2D eigenvalue weighted by atomic mass is 32.2. The molecule has 6 atom stereocenters. The Morgan fingerprint density at radius 1 is 1.04 bits per heavy atom. The van der Waals surface area contributed by atoms with Gasteiger partial charge in [0.25, 0.3) is 5.91 Å². The van der Waals surface area contributed by atoms with Gasteiger partial charge in [0.05, 0.1) is 24.6 Å². The van der Waals surface area contributed by atoms with Crippen LogP contribution in [0.25, 0.3) is 12.2 Å². The molecule has 0 radical (unpaired) electrons. The second-order valence-corrected chi connectivity index (χ2v) is 13.5. The molecule has 2 fully saturated rings. The lowest BCUT2D eigenvalue weighted by Crippen LogP contribution is -2.36. The summed E-state index contributed by atoms with van der Waals surface area (Å²) in [6.45, 7) is 11.3. The van der Waals surface area contributed by atoms with E-state index in [1.54, 1.807) is 6.08 Å². The predicted octanol–water partition coefficient (Wildman–Crippen LogP) is 3.03. The number of hydrogen-bond donors (Lipinski definition) is 7. The van der Waals surface area contributed by atoms with Crippen molar-refractivity contribution in [2.45, 2.75) is 76.8 Å². The van der Waals surface area contributed by atoms with Crippen molar-refractivity contribution in [2.75, 3.05) is 5.75 Å². The minimum absolute atomic E-state index is 0.0148. The van der Waals surface area contributed by atoms with E-state index < -0.39 is 24.5 Å². The van der Waals surface area contributed by atoms with Gasteiger partial charge in [0.1, 0.15) is 0 Å². The monoisotopic (exact) mass is 636 g/mol. The fourth-order valence-corrected chi connectivity index (χ4v) is 7.67. The van der Waals surface area contributed by atoms with Crippen LogP contribution in [0.15, 0.2) is 46.3 Å². The van der Waals surface area contributed by atoms with Crippen LogP contribution in [-0.2, 0) is 25.6 Å². The molecular formula is C33H40N4O7S. The first-order valence-electron chi connectivity index (χ1n) is 15.1. The van der Waals surface area contributed by atoms with Crippen LogP contribution in [0.2, 0.25) is 0 Å². The fraction of sp³-hybridized carbons (Fsp3) is 0.455. The van der Waals surface area contributed by atoms with E-state index in [0.29, 0.717) is 34.2 Å². The minimum atomic E-state index is -1.29. The molecule has 5 rings (SSSR count). The third-order valence-corrected chi connectivity index (χ3v) is 10.4. The zero-order valence-electron chi connectivity index (χ0n) is 25.8. The summed E-state index contributed by atoms with van der Waals surface area (Å²) in [5, 5.41) is 39.9. The first-order valence-corrected chi connectivity index (χ1v) is 16.2. The van der Waals surface area contributed by atoms with E-state index in [2.05, 4.69) is 27.5 Å². The number of aromatic amines is 1. The number of hydrogen-bond acceptors (Lipinski definition) is 7. The molecule has 0 saturated carbocycles. The average molecular weight is 637 g/mol. The molecule has 4 aliphatic heterocycles. The number of carboxylic acid groups (broad SMARTS) is 2. The highest BCUT2D eigenvalue weighted by Gasteiger charge is 2.45. The van der Waals surface area contributed by atoms with Gasteiger partial charge in [-0.1, -0.05) is 19.6 Å². The number of aliphatic carboxylic acids is 2. The number of amides is 2. The van der Waals surface area contributed by atoms with Crippen molar-refractivity contribution in [1.29, 1.82) is 0 Å². The Bertz CT molecular complexity index is 1600. The normalized spacial score (nSPS) is 28.5. The lowest BCUT2D eigenvalue weighted by molar-refractivity contribution is -0.139. The second kappa shape index (κ2) is 12.8. The Morgan fingerprint density at radius 2 is 1.73 bits per heavy atom. The van der Waals surface area contributed by atoms with E-state index in [4.69, 9.17) is 0 Å². The molecule has 5 heterocycles. The van der Waals surface area contributed by atoms with Crippen LogP contribution in [0, 0.1) is 18.8 Å². The third-order valence-electron chi connectivity index (χ3n) is 9.41. The van der Waals surface area contributed by atoms with Crippen LogP contribution >= 0.6 is 11.8 Å². The molecular weight excluding hydrogens is 596 g/mol. The minimum Gasteiger partial charge on any atom is -0.481 e. The third kappa shape index (κ3) is 6.53. The second-order valence-electron chi connectivity index (χ2n) is 12.3. The van der Waals surface area contributed by atoms with E-state index >= 15 is 0 Å². The molecule has 0 aromatic carbocycles. The molecule has 1 aromatic rings. The van der Waals surface area contributed by atoms with Gasteiger partial charge < -0.3 is 36.3 Å². The topological polar surface area (TPSA) is 181 Å². The number of carbonyl (C=O) groups excluding carboxylic acids is 2. The summed E-state index contributed by atoms with van der Waals surface area (Å²) in [6, 6.07) is -0.583. The van der Waals surface area contributed by atoms with Crippen LogP contribution in [0.1, 0.15) is 62.5 Å². The Hall–Kier alpha value is -4.03. The molecule has 1 aromatic heterocycles. The van der Waals surface area contributed by atoms with Crippen molar-refractivity contribution < 1.29 is 34.5 Å². The van der Waals surface area contributed by atoms with E-state index in [0.717, 1.165) is 39.4 Å². The number of carbonyl (C=O) groups is 4. The van der Waals surface area contributed by atoms with E-state index in [1.807, 2.05) is 45.5 Å². The van der Waals surface area contributed by atoms with E-state index in [1.165, 1.54) is 6.08 Å². The first kappa shape index (κ1) is 32.4. The summed E-state index contributed by atoms with van der Waals surface area (Å²) in [7, 11) is 0. The molecule has 0 bridgehead atoms. The van der Waals surface area contributed by atoms with Gasteiger partial charge in [-0.25, -0.2) is 0 Å². The van der Waals surface area contributed by atoms with Crippen molar-refractivity contribution in [3.63, 3.8) is 0 Å². The van der Waals surface area contributed by atoms with Crippen molar-refractivity contribution in [1.82, 2.24) is 20.9 Å². The Kier molecular flexibility index (Phi) is 9.18. The number of carboxylic acids is 2. The van der Waals surface area contributed by atoms with Crippen LogP contribution in [0.4, 0.5) is 0 Å². The predicted molar refractivity (Wildman–Crippen MR) is 172 cm³/mol. The largest absolute Gasteiger partial charge is 0.481 e. The number of nitrogens with one attached hydrogen (secondary N) is 4. The van der Waals surface area contributed by atoms with Crippen molar-refractivity contribution in [3.8, 4) is 0 Å². The molecule has 0 spiro atoms. The van der Waals surface area contributed by atoms with Crippen molar-refractivity contribution >= 4 is 47.7 Å². The molecule has 12 heteroatoms. The van der Waals surface area contributed by atoms with Gasteiger partial charge >= 0.3 is 11.9 Å². The van der Waals surface area contributed by atoms with E-state index in [9.17, 15) is 34.5 Å². The Morgan fingerprint density at radius 3 is 2.33 bits per heavy atom. The van der Waals surface area contributed by atoms with Gasteiger partial charge in [0.15, 0.2) is 0 Å². The van der Waals surface area contributed by atoms with Crippen LogP contribution in [0.5, 0.6) is 0 Å².